The van der Waals surface area contributed by atoms with Crippen LogP contribution in [0.1, 0.15) is 5.56 Å². The number of aromatic nitrogens is 3. The van der Waals surface area contributed by atoms with Crippen molar-refractivity contribution in [2.45, 2.75) is 6.92 Å². The third-order valence-corrected chi connectivity index (χ3v) is 14.5. The highest BCUT2D eigenvalue weighted by Crippen LogP contribution is 2.47. The minimum atomic E-state index is 0.0475. The van der Waals surface area contributed by atoms with Gasteiger partial charge in [-0.3, -0.25) is 0 Å². The van der Waals surface area contributed by atoms with Gasteiger partial charge in [0, 0.05) is 61.6 Å². The van der Waals surface area contributed by atoms with E-state index >= 15 is 0 Å². The fourth-order valence-electron chi connectivity index (χ4n) is 11.4. The predicted octanol–water partition coefficient (Wildman–Crippen LogP) is 14.6. The Morgan fingerprint density at radius 1 is 0.366 bits per heavy atom. The van der Waals surface area contributed by atoms with Crippen LogP contribution in [0.2, 0.25) is 0 Å². The minimum Gasteiger partial charge on any atom is -0.311 e. The van der Waals surface area contributed by atoms with Crippen molar-refractivity contribution in [2.75, 3.05) is 9.80 Å². The van der Waals surface area contributed by atoms with Crippen LogP contribution in [-0.4, -0.2) is 21.2 Å². The molecule has 0 N–H and O–H groups in total. The molecule has 0 amide bonds. The van der Waals surface area contributed by atoms with E-state index in [2.05, 4.69) is 258 Å². The smallest absolute Gasteiger partial charge is 0.252 e. The lowest BCUT2D eigenvalue weighted by Crippen LogP contribution is -2.61. The molecule has 0 bridgehead atoms. The first-order valence-corrected chi connectivity index (χ1v) is 24.4. The summed E-state index contributed by atoms with van der Waals surface area (Å²) in [5.41, 5.74) is 22.5. The van der Waals surface area contributed by atoms with Crippen molar-refractivity contribution in [3.8, 4) is 50.7 Å². The molecule has 6 heteroatoms. The lowest BCUT2D eigenvalue weighted by molar-refractivity contribution is 1.12. The third-order valence-electron chi connectivity index (χ3n) is 14.5. The van der Waals surface area contributed by atoms with E-state index in [4.69, 9.17) is 9.97 Å². The van der Waals surface area contributed by atoms with Crippen LogP contribution in [0.5, 0.6) is 0 Å². The Morgan fingerprint density at radius 2 is 0.873 bits per heavy atom. The van der Waals surface area contributed by atoms with Crippen molar-refractivity contribution >= 4 is 79.0 Å². The first kappa shape index (κ1) is 40.8. The molecule has 2 aromatic heterocycles. The molecule has 0 spiro atoms. The van der Waals surface area contributed by atoms with Crippen LogP contribution in [-0.2, 0) is 0 Å². The summed E-state index contributed by atoms with van der Waals surface area (Å²) < 4.78 is 2.43. The average molecular weight is 906 g/mol. The minimum absolute atomic E-state index is 0.0475. The molecule has 0 aliphatic carbocycles. The Labute approximate surface area is 413 Å². The maximum atomic E-state index is 5.34. The van der Waals surface area contributed by atoms with Crippen LogP contribution in [0.15, 0.2) is 249 Å². The Morgan fingerprint density at radius 3 is 1.46 bits per heavy atom. The number of nitrogens with zero attached hydrogens (tertiary/aromatic N) is 5. The van der Waals surface area contributed by atoms with Gasteiger partial charge in [0.15, 0.2) is 5.82 Å². The van der Waals surface area contributed by atoms with E-state index in [-0.39, 0.29) is 6.71 Å². The second-order valence-corrected chi connectivity index (χ2v) is 18.6. The highest BCUT2D eigenvalue weighted by molar-refractivity contribution is 7.00. The first-order chi connectivity index (χ1) is 35.2. The van der Waals surface area contributed by atoms with Crippen molar-refractivity contribution in [1.82, 2.24) is 14.5 Å². The first-order valence-electron chi connectivity index (χ1n) is 24.4. The molecule has 10 aromatic carbocycles. The molecule has 5 nitrogen and oxygen atoms in total. The van der Waals surface area contributed by atoms with Gasteiger partial charge < -0.3 is 14.4 Å². The fraction of sp³-hybridized carbons (Fsp3) is 0.0154. The largest absolute Gasteiger partial charge is 0.311 e. The van der Waals surface area contributed by atoms with E-state index in [1.54, 1.807) is 0 Å². The van der Waals surface area contributed by atoms with E-state index in [0.717, 1.165) is 72.9 Å². The van der Waals surface area contributed by atoms with Crippen LogP contribution in [0.25, 0.3) is 72.5 Å². The Balaban J connectivity index is 1.000. The number of benzene rings is 10. The quantitative estimate of drug-likeness (QED) is 0.149. The molecule has 0 radical (unpaired) electrons. The van der Waals surface area contributed by atoms with Crippen LogP contribution < -0.4 is 26.2 Å². The summed E-state index contributed by atoms with van der Waals surface area (Å²) in [6, 6.07) is 89.8. The molecule has 0 fully saturated rings. The molecule has 12 aromatic rings. The van der Waals surface area contributed by atoms with Crippen molar-refractivity contribution in [3.05, 3.63) is 254 Å². The number of aryl methyl sites for hydroxylation is 1. The van der Waals surface area contributed by atoms with Gasteiger partial charge in [0.2, 0.25) is 0 Å². The Kier molecular flexibility index (Phi) is 9.46. The SMILES string of the molecule is Cc1cccc(-c2nc(-c3ccccc3)cc(-c3ccccc3)n2)c1-n1c2ccccc2c2cc(-c3cc4c5c(c3)N(c3ccccc3)c3ccccc3B5c3ccccc3N4c3ccccc3)ccc21. The Hall–Kier alpha value is -9.26. The normalized spacial score (nSPS) is 12.5. The van der Waals surface area contributed by atoms with Gasteiger partial charge in [-0.25, -0.2) is 9.97 Å². The van der Waals surface area contributed by atoms with Gasteiger partial charge in [0.05, 0.1) is 28.1 Å². The molecule has 2 aliphatic rings. The number of hydrogen-bond donors (Lipinski definition) is 0. The van der Waals surface area contributed by atoms with Gasteiger partial charge in [-0.05, 0) is 119 Å². The van der Waals surface area contributed by atoms with Crippen LogP contribution in [0.4, 0.5) is 34.1 Å². The second-order valence-electron chi connectivity index (χ2n) is 18.6. The molecular formula is C65H44BN5. The number of para-hydroxylation sites is 6. The summed E-state index contributed by atoms with van der Waals surface area (Å²) in [7, 11) is 0. The zero-order valence-electron chi connectivity index (χ0n) is 39.0. The van der Waals surface area contributed by atoms with Gasteiger partial charge in [0.25, 0.3) is 6.71 Å². The monoisotopic (exact) mass is 905 g/mol. The summed E-state index contributed by atoms with van der Waals surface area (Å²) in [5, 5.41) is 2.36. The number of anilines is 6. The van der Waals surface area contributed by atoms with E-state index in [1.807, 2.05) is 12.1 Å². The highest BCUT2D eigenvalue weighted by Gasteiger charge is 2.43. The highest BCUT2D eigenvalue weighted by atomic mass is 15.2. The second kappa shape index (κ2) is 16.5. The molecule has 332 valence electrons. The van der Waals surface area contributed by atoms with Gasteiger partial charge in [0.1, 0.15) is 0 Å². The molecule has 0 unspecified atom stereocenters. The van der Waals surface area contributed by atoms with Crippen LogP contribution in [0.3, 0.4) is 0 Å². The molecule has 4 heterocycles. The van der Waals surface area contributed by atoms with Crippen molar-refractivity contribution < 1.29 is 0 Å². The van der Waals surface area contributed by atoms with E-state index in [1.165, 1.54) is 49.9 Å². The number of hydrogen-bond acceptors (Lipinski definition) is 4. The summed E-state index contributed by atoms with van der Waals surface area (Å²) >= 11 is 0. The van der Waals surface area contributed by atoms with Gasteiger partial charge in [-0.2, -0.15) is 0 Å². The molecule has 71 heavy (non-hydrogen) atoms. The van der Waals surface area contributed by atoms with E-state index < -0.39 is 0 Å². The van der Waals surface area contributed by atoms with Crippen LogP contribution >= 0.6 is 0 Å². The number of fused-ring (bicyclic) bond motifs is 7. The standard InChI is InChI=1S/C65H44BN5/c1-43-21-20-31-51(65-67-55(44-22-6-2-7-23-44)42-56(68-65)45-24-8-3-9-25-45)64(43)71-57-34-17-14-30-50(57)52-39-46(37-38-58(52)71)47-40-61-63-62(41-47)70(49-28-12-5-13-29-49)60-36-19-16-33-54(60)66(63)53-32-15-18-35-59(53)69(61)48-26-10-4-11-27-48/h2-42H,1H3. The molecular weight excluding hydrogens is 862 g/mol. The van der Waals surface area contributed by atoms with Gasteiger partial charge in [-0.1, -0.05) is 170 Å². The molecule has 14 rings (SSSR count). The maximum Gasteiger partial charge on any atom is 0.252 e. The van der Waals surface area contributed by atoms with Gasteiger partial charge >= 0.3 is 0 Å². The summed E-state index contributed by atoms with van der Waals surface area (Å²) in [5.74, 6) is 0.682. The lowest BCUT2D eigenvalue weighted by Gasteiger charge is -2.44. The van der Waals surface area contributed by atoms with Crippen LogP contribution in [0, 0.1) is 6.92 Å². The van der Waals surface area contributed by atoms with E-state index in [9.17, 15) is 0 Å². The molecule has 0 atom stereocenters. The fourth-order valence-corrected chi connectivity index (χ4v) is 11.4. The molecule has 2 aliphatic heterocycles. The zero-order chi connectivity index (χ0) is 47.0. The summed E-state index contributed by atoms with van der Waals surface area (Å²) in [6.45, 7) is 2.25. The molecule has 0 saturated carbocycles. The molecule has 0 saturated heterocycles. The summed E-state index contributed by atoms with van der Waals surface area (Å²) in [4.78, 5) is 15.6. The topological polar surface area (TPSA) is 37.2 Å². The van der Waals surface area contributed by atoms with Crippen molar-refractivity contribution in [2.24, 2.45) is 0 Å². The number of rotatable bonds is 7. The average Bonchev–Trinajstić information content (AvgIpc) is 3.76. The predicted molar refractivity (Wildman–Crippen MR) is 297 cm³/mol. The third kappa shape index (κ3) is 6.56. The summed E-state index contributed by atoms with van der Waals surface area (Å²) in [6.07, 6.45) is 0. The lowest BCUT2D eigenvalue weighted by atomic mass is 9.33. The van der Waals surface area contributed by atoms with Gasteiger partial charge in [-0.15, -0.1) is 0 Å². The maximum absolute atomic E-state index is 5.34. The van der Waals surface area contributed by atoms with Crippen molar-refractivity contribution in [1.29, 1.82) is 0 Å². The van der Waals surface area contributed by atoms with Crippen molar-refractivity contribution in [3.63, 3.8) is 0 Å². The zero-order valence-corrected chi connectivity index (χ0v) is 39.0. The Bertz CT molecular complexity index is 3850. The van der Waals surface area contributed by atoms with E-state index in [0.29, 0.717) is 5.82 Å².